The first-order valence-corrected chi connectivity index (χ1v) is 4.31. The molecule has 0 spiro atoms. The monoisotopic (exact) mass is 189 g/mol. The van der Waals surface area contributed by atoms with Gasteiger partial charge in [-0.05, 0) is 17.7 Å². The Kier molecular flexibility index (Phi) is 3.80. The molecule has 0 atom stereocenters. The van der Waals surface area contributed by atoms with Gasteiger partial charge in [0, 0.05) is 12.1 Å². The highest BCUT2D eigenvalue weighted by molar-refractivity contribution is 5.26. The summed E-state index contributed by atoms with van der Waals surface area (Å²) in [6.07, 6.45) is 5.80. The van der Waals surface area contributed by atoms with E-state index in [0.717, 1.165) is 5.57 Å². The third-order valence-electron chi connectivity index (χ3n) is 1.75. The van der Waals surface area contributed by atoms with Gasteiger partial charge in [-0.15, -0.1) is 0 Å². The number of rotatable bonds is 4. The Morgan fingerprint density at radius 1 is 1.43 bits per heavy atom. The number of halogens is 1. The molecule has 0 aliphatic heterocycles. The highest BCUT2D eigenvalue weighted by atomic mass is 19.1. The number of aromatic nitrogens is 1. The Balaban J connectivity index is 2.82. The Morgan fingerprint density at radius 3 is 2.79 bits per heavy atom. The van der Waals surface area contributed by atoms with Gasteiger partial charge in [0.2, 0.25) is 5.95 Å². The summed E-state index contributed by atoms with van der Waals surface area (Å²) in [6.45, 7) is 7.25. The van der Waals surface area contributed by atoms with E-state index in [1.807, 2.05) is 6.08 Å². The molecule has 0 bridgehead atoms. The van der Waals surface area contributed by atoms with Gasteiger partial charge in [-0.25, -0.2) is 4.98 Å². The van der Waals surface area contributed by atoms with E-state index in [1.165, 1.54) is 6.07 Å². The largest absolute Gasteiger partial charge is 0.224 e. The summed E-state index contributed by atoms with van der Waals surface area (Å²) in [5.41, 5.74) is 1.66. The van der Waals surface area contributed by atoms with E-state index in [0.29, 0.717) is 12.1 Å². The van der Waals surface area contributed by atoms with Crippen LogP contribution in [-0.2, 0) is 6.42 Å². The normalized spacial score (nSPS) is 11.1. The summed E-state index contributed by atoms with van der Waals surface area (Å²) < 4.78 is 12.7. The highest BCUT2D eigenvalue weighted by Crippen LogP contribution is 2.07. The first-order valence-electron chi connectivity index (χ1n) is 4.31. The van der Waals surface area contributed by atoms with Crippen LogP contribution in [0.5, 0.6) is 0 Å². The summed E-state index contributed by atoms with van der Waals surface area (Å²) in [7, 11) is 0. The Morgan fingerprint density at radius 2 is 2.21 bits per heavy atom. The maximum atomic E-state index is 12.7. The van der Waals surface area contributed by atoms with Crippen molar-refractivity contribution in [3.63, 3.8) is 0 Å². The molecule has 1 aromatic heterocycles. The Hall–Kier alpha value is -1.70. The van der Waals surface area contributed by atoms with Gasteiger partial charge < -0.3 is 0 Å². The fourth-order valence-electron chi connectivity index (χ4n) is 1.11. The molecule has 14 heavy (non-hydrogen) atoms. The third-order valence-corrected chi connectivity index (χ3v) is 1.75. The molecule has 0 amide bonds. The van der Waals surface area contributed by atoms with E-state index >= 15 is 0 Å². The number of hydrogen-bond acceptors (Lipinski definition) is 1. The average molecular weight is 189 g/mol. The predicted molar refractivity (Wildman–Crippen MR) is 56.4 cm³/mol. The third kappa shape index (κ3) is 2.98. The van der Waals surface area contributed by atoms with E-state index in [1.54, 1.807) is 24.3 Å². The van der Waals surface area contributed by atoms with Crippen LogP contribution in [0.4, 0.5) is 4.39 Å². The minimum Gasteiger partial charge on any atom is -0.224 e. The first kappa shape index (κ1) is 10.4. The van der Waals surface area contributed by atoms with Gasteiger partial charge in [-0.1, -0.05) is 37.5 Å². The number of nitrogens with zero attached hydrogens (tertiary/aromatic N) is 1. The Bertz CT molecular complexity index is 366. The van der Waals surface area contributed by atoms with E-state index < -0.39 is 5.95 Å². The van der Waals surface area contributed by atoms with Gasteiger partial charge in [-0.3, -0.25) is 0 Å². The number of hydrogen-bond donors (Lipinski definition) is 0. The van der Waals surface area contributed by atoms with Crippen molar-refractivity contribution >= 4 is 0 Å². The maximum absolute atomic E-state index is 12.7. The topological polar surface area (TPSA) is 12.9 Å². The lowest BCUT2D eigenvalue weighted by Gasteiger charge is -2.00. The molecule has 0 unspecified atom stereocenters. The van der Waals surface area contributed by atoms with Gasteiger partial charge in [0.05, 0.1) is 0 Å². The van der Waals surface area contributed by atoms with Crippen molar-refractivity contribution in [2.24, 2.45) is 0 Å². The lowest BCUT2D eigenvalue weighted by molar-refractivity contribution is 0.578. The van der Waals surface area contributed by atoms with Gasteiger partial charge >= 0.3 is 0 Å². The van der Waals surface area contributed by atoms with Crippen LogP contribution in [0.25, 0.3) is 0 Å². The Labute approximate surface area is 83.3 Å². The van der Waals surface area contributed by atoms with Crippen LogP contribution >= 0.6 is 0 Å². The molecule has 0 aliphatic carbocycles. The summed E-state index contributed by atoms with van der Waals surface area (Å²) >= 11 is 0. The minimum absolute atomic E-state index is 0.454. The van der Waals surface area contributed by atoms with Crippen molar-refractivity contribution in [2.75, 3.05) is 0 Å². The number of pyridine rings is 1. The molecule has 1 rings (SSSR count). The van der Waals surface area contributed by atoms with Crippen LogP contribution < -0.4 is 0 Å². The zero-order valence-electron chi connectivity index (χ0n) is 7.91. The lowest BCUT2D eigenvalue weighted by Crippen LogP contribution is -1.93. The second-order valence-electron chi connectivity index (χ2n) is 2.81. The summed E-state index contributed by atoms with van der Waals surface area (Å²) in [6, 6.07) is 4.75. The molecule has 72 valence electrons. The van der Waals surface area contributed by atoms with E-state index in [-0.39, 0.29) is 0 Å². The SMILES string of the molecule is C=C/C=C(\C=C)Cc1cccc(F)n1. The second kappa shape index (κ2) is 5.12. The molecular weight excluding hydrogens is 177 g/mol. The van der Waals surface area contributed by atoms with Crippen molar-refractivity contribution in [3.05, 3.63) is 66.8 Å². The van der Waals surface area contributed by atoms with Crippen LogP contribution in [-0.4, -0.2) is 4.98 Å². The first-order chi connectivity index (χ1) is 6.76. The number of allylic oxidation sites excluding steroid dienone is 4. The molecule has 0 aromatic carbocycles. The van der Waals surface area contributed by atoms with Crippen LogP contribution in [0.2, 0.25) is 0 Å². The summed E-state index contributed by atoms with van der Waals surface area (Å²) in [4.78, 5) is 3.75. The fraction of sp³-hybridized carbons (Fsp3) is 0.0833. The van der Waals surface area contributed by atoms with Crippen molar-refractivity contribution in [3.8, 4) is 0 Å². The molecule has 1 nitrogen and oxygen atoms in total. The predicted octanol–water partition coefficient (Wildman–Crippen LogP) is 3.06. The minimum atomic E-state index is -0.454. The smallest absolute Gasteiger partial charge is 0.213 e. The second-order valence-corrected chi connectivity index (χ2v) is 2.81. The maximum Gasteiger partial charge on any atom is 0.213 e. The average Bonchev–Trinajstić information content (AvgIpc) is 2.17. The molecule has 1 heterocycles. The van der Waals surface area contributed by atoms with Crippen LogP contribution in [0, 0.1) is 5.95 Å². The van der Waals surface area contributed by atoms with Crippen molar-refractivity contribution in [2.45, 2.75) is 6.42 Å². The van der Waals surface area contributed by atoms with Crippen LogP contribution in [0.3, 0.4) is 0 Å². The fourth-order valence-corrected chi connectivity index (χ4v) is 1.11. The lowest BCUT2D eigenvalue weighted by atomic mass is 10.1. The molecule has 1 aromatic rings. The van der Waals surface area contributed by atoms with E-state index in [2.05, 4.69) is 18.1 Å². The summed E-state index contributed by atoms with van der Waals surface area (Å²) in [5, 5.41) is 0. The van der Waals surface area contributed by atoms with Gasteiger partial charge in [-0.2, -0.15) is 4.39 Å². The molecule has 0 N–H and O–H groups in total. The molecule has 0 saturated heterocycles. The summed E-state index contributed by atoms with van der Waals surface area (Å²) in [5.74, 6) is -0.454. The highest BCUT2D eigenvalue weighted by Gasteiger charge is 1.98. The molecular formula is C12H12FN. The quantitative estimate of drug-likeness (QED) is 0.524. The van der Waals surface area contributed by atoms with Gasteiger partial charge in [0.15, 0.2) is 0 Å². The molecule has 0 radical (unpaired) electrons. The van der Waals surface area contributed by atoms with Crippen LogP contribution in [0.15, 0.2) is 55.2 Å². The van der Waals surface area contributed by atoms with Gasteiger partial charge in [0.25, 0.3) is 0 Å². The van der Waals surface area contributed by atoms with Gasteiger partial charge in [0.1, 0.15) is 0 Å². The molecule has 0 fully saturated rings. The van der Waals surface area contributed by atoms with Crippen molar-refractivity contribution in [1.29, 1.82) is 0 Å². The van der Waals surface area contributed by atoms with Crippen molar-refractivity contribution < 1.29 is 4.39 Å². The van der Waals surface area contributed by atoms with E-state index in [9.17, 15) is 4.39 Å². The zero-order chi connectivity index (χ0) is 10.4. The molecule has 0 aliphatic rings. The molecule has 2 heteroatoms. The van der Waals surface area contributed by atoms with Crippen molar-refractivity contribution in [1.82, 2.24) is 4.98 Å². The van der Waals surface area contributed by atoms with Crippen LogP contribution in [0.1, 0.15) is 5.69 Å². The molecule has 0 saturated carbocycles. The standard InChI is InChI=1S/C12H12FN/c1-3-6-10(4-2)9-11-7-5-8-12(13)14-11/h3-8H,1-2,9H2/b10-6+. The van der Waals surface area contributed by atoms with E-state index in [4.69, 9.17) is 0 Å². The zero-order valence-corrected chi connectivity index (χ0v) is 7.91.